The molecule has 0 unspecified atom stereocenters. The van der Waals surface area contributed by atoms with Gasteiger partial charge in [0.15, 0.2) is 0 Å². The van der Waals surface area contributed by atoms with Gasteiger partial charge in [-0.2, -0.15) is 0 Å². The Morgan fingerprint density at radius 2 is 1.90 bits per heavy atom. The third kappa shape index (κ3) is 6.61. The van der Waals surface area contributed by atoms with E-state index in [0.29, 0.717) is 12.3 Å². The van der Waals surface area contributed by atoms with Crippen molar-refractivity contribution in [2.75, 3.05) is 18.8 Å². The van der Waals surface area contributed by atoms with Crippen LogP contribution in [-0.4, -0.2) is 30.7 Å². The fraction of sp³-hybridized carbons (Fsp3) is 0.467. The van der Waals surface area contributed by atoms with Crippen LogP contribution in [0.2, 0.25) is 0 Å². The molecule has 1 aromatic carbocycles. The Labute approximate surface area is 124 Å². The Morgan fingerprint density at radius 1 is 1.15 bits per heavy atom. The zero-order chi connectivity index (χ0) is 14.8. The second kappa shape index (κ2) is 9.42. The molecule has 1 rings (SSSR count). The second-order valence-corrected chi connectivity index (χ2v) is 5.53. The molecule has 0 heterocycles. The Bertz CT molecular complexity index is 449. The van der Waals surface area contributed by atoms with Gasteiger partial charge in [-0.3, -0.25) is 9.59 Å². The number of amides is 2. The van der Waals surface area contributed by atoms with Crippen LogP contribution in [-0.2, 0) is 15.3 Å². The summed E-state index contributed by atoms with van der Waals surface area (Å²) in [7, 11) is 0. The van der Waals surface area contributed by atoms with E-state index in [1.165, 1.54) is 11.1 Å². The Kier molecular flexibility index (Phi) is 7.80. The number of thioether (sulfide) groups is 1. The Hall–Kier alpha value is -1.49. The molecular weight excluding hydrogens is 272 g/mol. The molecule has 0 aliphatic heterocycles. The predicted molar refractivity (Wildman–Crippen MR) is 83.7 cm³/mol. The smallest absolute Gasteiger partial charge is 0.239 e. The number of hydrogen-bond acceptors (Lipinski definition) is 3. The fourth-order valence-corrected chi connectivity index (χ4v) is 2.52. The number of carbonyl (C=O) groups excluding carboxylic acids is 2. The van der Waals surface area contributed by atoms with Gasteiger partial charge < -0.3 is 10.6 Å². The van der Waals surface area contributed by atoms with Crippen molar-refractivity contribution in [3.8, 4) is 0 Å². The molecule has 0 radical (unpaired) electrons. The zero-order valence-electron chi connectivity index (χ0n) is 12.1. The summed E-state index contributed by atoms with van der Waals surface area (Å²) in [5.74, 6) is 0.941. The van der Waals surface area contributed by atoms with Crippen molar-refractivity contribution in [3.05, 3.63) is 35.4 Å². The summed E-state index contributed by atoms with van der Waals surface area (Å²) in [4.78, 5) is 22.9. The van der Waals surface area contributed by atoms with Gasteiger partial charge in [0.1, 0.15) is 0 Å². The number of benzene rings is 1. The normalized spacial score (nSPS) is 10.1. The van der Waals surface area contributed by atoms with Gasteiger partial charge >= 0.3 is 0 Å². The molecule has 0 spiro atoms. The third-order valence-corrected chi connectivity index (χ3v) is 3.75. The van der Waals surface area contributed by atoms with Crippen molar-refractivity contribution in [3.63, 3.8) is 0 Å². The molecule has 110 valence electrons. The molecule has 2 amide bonds. The average molecular weight is 294 g/mol. The molecule has 20 heavy (non-hydrogen) atoms. The molecule has 2 N–H and O–H groups in total. The van der Waals surface area contributed by atoms with Gasteiger partial charge in [0, 0.05) is 12.3 Å². The van der Waals surface area contributed by atoms with Gasteiger partial charge in [0.2, 0.25) is 11.8 Å². The van der Waals surface area contributed by atoms with E-state index in [0.717, 1.165) is 12.2 Å². The first kappa shape index (κ1) is 16.6. The molecule has 0 bridgehead atoms. The average Bonchev–Trinajstić information content (AvgIpc) is 2.45. The van der Waals surface area contributed by atoms with E-state index in [4.69, 9.17) is 0 Å². The summed E-state index contributed by atoms with van der Waals surface area (Å²) in [6.45, 7) is 4.76. The summed E-state index contributed by atoms with van der Waals surface area (Å²) in [5.41, 5.74) is 2.48. The SMILES string of the molecule is CCCNC(=O)CNC(=O)CSCc1ccccc1C. The lowest BCUT2D eigenvalue weighted by atomic mass is 10.1. The monoisotopic (exact) mass is 294 g/mol. The summed E-state index contributed by atoms with van der Waals surface area (Å²) in [6.07, 6.45) is 0.895. The lowest BCUT2D eigenvalue weighted by Gasteiger charge is -2.07. The first-order valence-electron chi connectivity index (χ1n) is 6.79. The molecule has 1 aromatic rings. The molecule has 0 atom stereocenters. The maximum absolute atomic E-state index is 11.6. The second-order valence-electron chi connectivity index (χ2n) is 4.55. The molecule has 0 aliphatic carbocycles. The van der Waals surface area contributed by atoms with E-state index >= 15 is 0 Å². The van der Waals surface area contributed by atoms with Crippen LogP contribution in [0.25, 0.3) is 0 Å². The van der Waals surface area contributed by atoms with Gasteiger partial charge in [-0.05, 0) is 24.5 Å². The van der Waals surface area contributed by atoms with E-state index in [-0.39, 0.29) is 18.4 Å². The van der Waals surface area contributed by atoms with Gasteiger partial charge in [-0.15, -0.1) is 11.8 Å². The summed E-state index contributed by atoms with van der Waals surface area (Å²) < 4.78 is 0. The highest BCUT2D eigenvalue weighted by atomic mass is 32.2. The van der Waals surface area contributed by atoms with Crippen LogP contribution in [0.4, 0.5) is 0 Å². The molecule has 0 saturated heterocycles. The highest BCUT2D eigenvalue weighted by Gasteiger charge is 2.05. The minimum atomic E-state index is -0.135. The lowest BCUT2D eigenvalue weighted by Crippen LogP contribution is -2.37. The van der Waals surface area contributed by atoms with Crippen molar-refractivity contribution < 1.29 is 9.59 Å². The third-order valence-electron chi connectivity index (χ3n) is 2.77. The zero-order valence-corrected chi connectivity index (χ0v) is 12.9. The van der Waals surface area contributed by atoms with Crippen LogP contribution in [0.3, 0.4) is 0 Å². The Morgan fingerprint density at radius 3 is 2.60 bits per heavy atom. The van der Waals surface area contributed by atoms with E-state index in [1.54, 1.807) is 11.8 Å². The molecular formula is C15H22N2O2S. The maximum Gasteiger partial charge on any atom is 0.239 e. The maximum atomic E-state index is 11.6. The highest BCUT2D eigenvalue weighted by Crippen LogP contribution is 2.15. The molecule has 0 aliphatic rings. The lowest BCUT2D eigenvalue weighted by molar-refractivity contribution is -0.124. The molecule has 0 saturated carbocycles. The van der Waals surface area contributed by atoms with Crippen molar-refractivity contribution in [2.24, 2.45) is 0 Å². The number of hydrogen-bond donors (Lipinski definition) is 2. The van der Waals surface area contributed by atoms with Gasteiger partial charge in [-0.25, -0.2) is 0 Å². The van der Waals surface area contributed by atoms with E-state index in [2.05, 4.69) is 29.7 Å². The molecule has 5 heteroatoms. The van der Waals surface area contributed by atoms with Crippen LogP contribution >= 0.6 is 11.8 Å². The standard InChI is InChI=1S/C15H22N2O2S/c1-3-8-16-14(18)9-17-15(19)11-20-10-13-7-5-4-6-12(13)2/h4-7H,3,8-11H2,1-2H3,(H,16,18)(H,17,19). The number of carbonyl (C=O) groups is 2. The van der Waals surface area contributed by atoms with Crippen LogP contribution in [0.1, 0.15) is 24.5 Å². The van der Waals surface area contributed by atoms with Crippen molar-refractivity contribution in [1.82, 2.24) is 10.6 Å². The van der Waals surface area contributed by atoms with Crippen LogP contribution in [0.15, 0.2) is 24.3 Å². The van der Waals surface area contributed by atoms with Gasteiger partial charge in [0.05, 0.1) is 12.3 Å². The summed E-state index contributed by atoms with van der Waals surface area (Å²) >= 11 is 1.55. The van der Waals surface area contributed by atoms with Gasteiger partial charge in [0.25, 0.3) is 0 Å². The van der Waals surface area contributed by atoms with E-state index in [1.807, 2.05) is 19.1 Å². The van der Waals surface area contributed by atoms with Crippen LogP contribution < -0.4 is 10.6 Å². The van der Waals surface area contributed by atoms with Crippen LogP contribution in [0.5, 0.6) is 0 Å². The molecule has 0 aromatic heterocycles. The van der Waals surface area contributed by atoms with Gasteiger partial charge in [-0.1, -0.05) is 31.2 Å². The number of aryl methyl sites for hydroxylation is 1. The fourth-order valence-electron chi connectivity index (χ4n) is 1.58. The van der Waals surface area contributed by atoms with E-state index in [9.17, 15) is 9.59 Å². The minimum Gasteiger partial charge on any atom is -0.355 e. The molecule has 0 fully saturated rings. The first-order chi connectivity index (χ1) is 9.63. The van der Waals surface area contributed by atoms with Crippen molar-refractivity contribution in [2.45, 2.75) is 26.0 Å². The topological polar surface area (TPSA) is 58.2 Å². The predicted octanol–water partition coefficient (Wildman–Crippen LogP) is 1.87. The Balaban J connectivity index is 2.17. The summed E-state index contributed by atoms with van der Waals surface area (Å²) in [5, 5.41) is 5.34. The highest BCUT2D eigenvalue weighted by molar-refractivity contribution is 7.99. The largest absolute Gasteiger partial charge is 0.355 e. The summed E-state index contributed by atoms with van der Waals surface area (Å²) in [6, 6.07) is 8.14. The minimum absolute atomic E-state index is 0.0593. The van der Waals surface area contributed by atoms with Crippen molar-refractivity contribution >= 4 is 23.6 Å². The quantitative estimate of drug-likeness (QED) is 0.769. The number of nitrogens with one attached hydrogen (secondary N) is 2. The molecule has 4 nitrogen and oxygen atoms in total. The first-order valence-corrected chi connectivity index (χ1v) is 7.94. The van der Waals surface area contributed by atoms with E-state index < -0.39 is 0 Å². The van der Waals surface area contributed by atoms with Crippen LogP contribution in [0, 0.1) is 6.92 Å². The van der Waals surface area contributed by atoms with Crippen molar-refractivity contribution in [1.29, 1.82) is 0 Å². The number of rotatable bonds is 8.